The van der Waals surface area contributed by atoms with Crippen LogP contribution in [0, 0.1) is 13.8 Å². The van der Waals surface area contributed by atoms with E-state index in [1.165, 1.54) is 0 Å². The molecule has 1 atom stereocenters. The Labute approximate surface area is 109 Å². The van der Waals surface area contributed by atoms with Crippen molar-refractivity contribution >= 4 is 5.96 Å². The largest absolute Gasteiger partial charge is 0.370 e. The number of hydrogen-bond acceptors (Lipinski definition) is 3. The summed E-state index contributed by atoms with van der Waals surface area (Å²) in [5.41, 5.74) is 8.04. The van der Waals surface area contributed by atoms with Gasteiger partial charge in [-0.05, 0) is 27.7 Å². The van der Waals surface area contributed by atoms with Crippen LogP contribution < -0.4 is 5.73 Å². The van der Waals surface area contributed by atoms with Crippen LogP contribution >= 0.6 is 0 Å². The summed E-state index contributed by atoms with van der Waals surface area (Å²) in [4.78, 5) is 6.50. The summed E-state index contributed by atoms with van der Waals surface area (Å²) >= 11 is 0. The molecule has 0 aliphatic heterocycles. The summed E-state index contributed by atoms with van der Waals surface area (Å²) in [6.45, 7) is 12.6. The van der Waals surface area contributed by atoms with Gasteiger partial charge in [0.05, 0.1) is 5.69 Å². The minimum absolute atomic E-state index is 0.269. The van der Waals surface area contributed by atoms with E-state index in [0.29, 0.717) is 12.5 Å². The Kier molecular flexibility index (Phi) is 5.19. The van der Waals surface area contributed by atoms with Gasteiger partial charge in [-0.15, -0.1) is 0 Å². The van der Waals surface area contributed by atoms with Crippen molar-refractivity contribution in [2.45, 2.75) is 40.5 Å². The van der Waals surface area contributed by atoms with Crippen molar-refractivity contribution in [3.63, 3.8) is 0 Å². The highest BCUT2D eigenvalue weighted by Gasteiger charge is 2.16. The maximum Gasteiger partial charge on any atom is 0.191 e. The molecule has 1 heterocycles. The van der Waals surface area contributed by atoms with E-state index in [1.807, 2.05) is 18.7 Å². The fourth-order valence-electron chi connectivity index (χ4n) is 2.16. The molecule has 5 heteroatoms. The van der Waals surface area contributed by atoms with Crippen molar-refractivity contribution in [1.82, 2.24) is 10.1 Å². The van der Waals surface area contributed by atoms with Gasteiger partial charge in [-0.2, -0.15) is 0 Å². The standard InChI is InChI=1S/C13H24N4O/c1-6-17(7-2)13(14)15-8-9(3)12-10(4)16-18-11(12)5/h9H,6-8H2,1-5H3,(H2,14,15). The molecule has 2 N–H and O–H groups in total. The van der Waals surface area contributed by atoms with Gasteiger partial charge in [0.25, 0.3) is 0 Å². The zero-order chi connectivity index (χ0) is 13.7. The van der Waals surface area contributed by atoms with E-state index in [-0.39, 0.29) is 5.92 Å². The van der Waals surface area contributed by atoms with Crippen molar-refractivity contribution in [3.8, 4) is 0 Å². The molecule has 0 bridgehead atoms. The molecular weight excluding hydrogens is 228 g/mol. The maximum absolute atomic E-state index is 5.95. The zero-order valence-corrected chi connectivity index (χ0v) is 12.0. The van der Waals surface area contributed by atoms with Gasteiger partial charge in [0.1, 0.15) is 5.76 Å². The summed E-state index contributed by atoms with van der Waals surface area (Å²) in [6, 6.07) is 0. The second-order valence-electron chi connectivity index (χ2n) is 4.51. The van der Waals surface area contributed by atoms with E-state index in [9.17, 15) is 0 Å². The van der Waals surface area contributed by atoms with Crippen LogP contribution in [-0.2, 0) is 0 Å². The first kappa shape index (κ1) is 14.5. The van der Waals surface area contributed by atoms with Gasteiger partial charge < -0.3 is 15.2 Å². The molecule has 0 amide bonds. The maximum atomic E-state index is 5.95. The predicted octanol–water partition coefficient (Wildman–Crippen LogP) is 2.05. The van der Waals surface area contributed by atoms with Gasteiger partial charge in [0, 0.05) is 31.1 Å². The zero-order valence-electron chi connectivity index (χ0n) is 12.0. The third-order valence-electron chi connectivity index (χ3n) is 3.20. The second kappa shape index (κ2) is 6.42. The molecular formula is C13H24N4O. The lowest BCUT2D eigenvalue weighted by atomic mass is 10.00. The van der Waals surface area contributed by atoms with Crippen molar-refractivity contribution in [2.75, 3.05) is 19.6 Å². The van der Waals surface area contributed by atoms with E-state index in [1.54, 1.807) is 0 Å². The number of aryl methyl sites for hydroxylation is 2. The molecule has 0 radical (unpaired) electrons. The first-order valence-electron chi connectivity index (χ1n) is 6.48. The van der Waals surface area contributed by atoms with Gasteiger partial charge in [0.2, 0.25) is 0 Å². The third kappa shape index (κ3) is 3.24. The van der Waals surface area contributed by atoms with Gasteiger partial charge in [-0.3, -0.25) is 4.99 Å². The molecule has 5 nitrogen and oxygen atoms in total. The molecule has 18 heavy (non-hydrogen) atoms. The van der Waals surface area contributed by atoms with Crippen molar-refractivity contribution in [3.05, 3.63) is 17.0 Å². The van der Waals surface area contributed by atoms with E-state index in [2.05, 4.69) is 30.9 Å². The van der Waals surface area contributed by atoms with Crippen LogP contribution in [-0.4, -0.2) is 35.7 Å². The number of nitrogens with zero attached hydrogens (tertiary/aromatic N) is 3. The molecule has 1 unspecified atom stereocenters. The Bertz CT molecular complexity index is 388. The molecule has 1 aromatic rings. The van der Waals surface area contributed by atoms with Crippen LogP contribution in [0.25, 0.3) is 0 Å². The van der Waals surface area contributed by atoms with E-state index >= 15 is 0 Å². The fourth-order valence-corrected chi connectivity index (χ4v) is 2.16. The molecule has 102 valence electrons. The Hall–Kier alpha value is -1.52. The average Bonchev–Trinajstić information content (AvgIpc) is 2.67. The summed E-state index contributed by atoms with van der Waals surface area (Å²) in [5, 5.41) is 3.97. The highest BCUT2D eigenvalue weighted by Crippen LogP contribution is 2.23. The number of guanidine groups is 1. The Balaban J connectivity index is 2.71. The summed E-state index contributed by atoms with van der Waals surface area (Å²) < 4.78 is 5.17. The molecule has 1 aromatic heterocycles. The van der Waals surface area contributed by atoms with Gasteiger partial charge in [-0.25, -0.2) is 0 Å². The molecule has 0 saturated heterocycles. The number of nitrogens with two attached hydrogens (primary N) is 1. The summed E-state index contributed by atoms with van der Waals surface area (Å²) in [6.07, 6.45) is 0. The topological polar surface area (TPSA) is 67.7 Å². The third-order valence-corrected chi connectivity index (χ3v) is 3.20. The molecule has 0 aromatic carbocycles. The van der Waals surface area contributed by atoms with Crippen molar-refractivity contribution in [2.24, 2.45) is 10.7 Å². The lowest BCUT2D eigenvalue weighted by Crippen LogP contribution is -2.37. The van der Waals surface area contributed by atoms with Crippen LogP contribution in [0.3, 0.4) is 0 Å². The summed E-state index contributed by atoms with van der Waals surface area (Å²) in [5.74, 6) is 1.75. The molecule has 1 rings (SSSR count). The number of rotatable bonds is 5. The lowest BCUT2D eigenvalue weighted by Gasteiger charge is -2.20. The minimum atomic E-state index is 0.269. The normalized spacial score (nSPS) is 13.7. The van der Waals surface area contributed by atoms with Crippen molar-refractivity contribution in [1.29, 1.82) is 0 Å². The van der Waals surface area contributed by atoms with Gasteiger partial charge >= 0.3 is 0 Å². The summed E-state index contributed by atoms with van der Waals surface area (Å²) in [7, 11) is 0. The van der Waals surface area contributed by atoms with Crippen LogP contribution in [0.1, 0.15) is 43.7 Å². The first-order chi connectivity index (χ1) is 8.51. The van der Waals surface area contributed by atoms with Crippen molar-refractivity contribution < 1.29 is 4.52 Å². The number of aliphatic imine (C=N–C) groups is 1. The van der Waals surface area contributed by atoms with Crippen LogP contribution in [0.4, 0.5) is 0 Å². The second-order valence-corrected chi connectivity index (χ2v) is 4.51. The molecule has 0 fully saturated rings. The number of aromatic nitrogens is 1. The van der Waals surface area contributed by atoms with E-state index < -0.39 is 0 Å². The molecule has 0 aliphatic carbocycles. The van der Waals surface area contributed by atoms with Crippen LogP contribution in [0.5, 0.6) is 0 Å². The minimum Gasteiger partial charge on any atom is -0.370 e. The number of hydrogen-bond donors (Lipinski definition) is 1. The SMILES string of the molecule is CCN(CC)C(N)=NCC(C)c1c(C)noc1C. The van der Waals surface area contributed by atoms with Crippen LogP contribution in [0.15, 0.2) is 9.52 Å². The lowest BCUT2D eigenvalue weighted by molar-refractivity contribution is 0.391. The first-order valence-corrected chi connectivity index (χ1v) is 6.48. The van der Waals surface area contributed by atoms with Gasteiger partial charge in [-0.1, -0.05) is 12.1 Å². The molecule has 0 aliphatic rings. The quantitative estimate of drug-likeness (QED) is 0.643. The smallest absolute Gasteiger partial charge is 0.191 e. The Morgan fingerprint density at radius 3 is 2.44 bits per heavy atom. The highest BCUT2D eigenvalue weighted by atomic mass is 16.5. The molecule has 0 spiro atoms. The monoisotopic (exact) mass is 252 g/mol. The predicted molar refractivity (Wildman–Crippen MR) is 73.8 cm³/mol. The fraction of sp³-hybridized carbons (Fsp3) is 0.692. The van der Waals surface area contributed by atoms with E-state index in [0.717, 1.165) is 30.1 Å². The average molecular weight is 252 g/mol. The Morgan fingerprint density at radius 1 is 1.39 bits per heavy atom. The van der Waals surface area contributed by atoms with Gasteiger partial charge in [0.15, 0.2) is 5.96 Å². The molecule has 0 saturated carbocycles. The Morgan fingerprint density at radius 2 is 2.00 bits per heavy atom. The van der Waals surface area contributed by atoms with E-state index in [4.69, 9.17) is 10.3 Å². The highest BCUT2D eigenvalue weighted by molar-refractivity contribution is 5.78. The van der Waals surface area contributed by atoms with Crippen LogP contribution in [0.2, 0.25) is 0 Å².